The van der Waals surface area contributed by atoms with Gasteiger partial charge in [0.05, 0.1) is 11.4 Å². The molecule has 0 unspecified atom stereocenters. The molecule has 8 heteroatoms. The summed E-state index contributed by atoms with van der Waals surface area (Å²) in [5, 5.41) is 8.96. The number of nitrogens with one attached hydrogen (secondary N) is 3. The molecule has 1 aliphatic rings. The van der Waals surface area contributed by atoms with Crippen molar-refractivity contribution in [3.8, 4) is 0 Å². The summed E-state index contributed by atoms with van der Waals surface area (Å²) >= 11 is 5.99. The Morgan fingerprint density at radius 1 is 0.844 bits per heavy atom. The molecule has 1 aliphatic heterocycles. The van der Waals surface area contributed by atoms with Gasteiger partial charge in [-0.15, -0.1) is 0 Å². The topological polar surface area (TPSA) is 73.5 Å². The minimum absolute atomic E-state index is 0.336. The lowest BCUT2D eigenvalue weighted by atomic mass is 10.2. The number of carbonyl (C=O) groups is 2. The zero-order valence-electron chi connectivity index (χ0n) is 17.2. The van der Waals surface area contributed by atoms with Crippen LogP contribution in [0.3, 0.4) is 0 Å². The molecule has 164 valence electrons. The van der Waals surface area contributed by atoms with E-state index in [2.05, 4.69) is 20.9 Å². The number of urea groups is 1. The van der Waals surface area contributed by atoms with Gasteiger partial charge in [-0.1, -0.05) is 17.7 Å². The molecule has 6 nitrogen and oxygen atoms in total. The van der Waals surface area contributed by atoms with Crippen molar-refractivity contribution in [2.24, 2.45) is 0 Å². The van der Waals surface area contributed by atoms with Gasteiger partial charge in [-0.2, -0.15) is 0 Å². The largest absolute Gasteiger partial charge is 0.370 e. The molecular formula is C24H22ClFN4O2. The molecule has 0 atom stereocenters. The Kier molecular flexibility index (Phi) is 6.56. The zero-order valence-corrected chi connectivity index (χ0v) is 18.0. The third kappa shape index (κ3) is 5.36. The van der Waals surface area contributed by atoms with E-state index in [4.69, 9.17) is 11.6 Å². The number of anilines is 4. The average Bonchev–Trinajstić information content (AvgIpc) is 3.29. The van der Waals surface area contributed by atoms with Crippen molar-refractivity contribution in [2.75, 3.05) is 33.9 Å². The third-order valence-corrected chi connectivity index (χ3v) is 5.37. The highest BCUT2D eigenvalue weighted by atomic mass is 35.5. The van der Waals surface area contributed by atoms with E-state index >= 15 is 0 Å². The van der Waals surface area contributed by atoms with Gasteiger partial charge in [-0.3, -0.25) is 4.79 Å². The summed E-state index contributed by atoms with van der Waals surface area (Å²) in [6, 6.07) is 17.1. The van der Waals surface area contributed by atoms with Gasteiger partial charge in [0.25, 0.3) is 5.91 Å². The molecule has 1 saturated heterocycles. The van der Waals surface area contributed by atoms with Crippen LogP contribution in [0.2, 0.25) is 5.02 Å². The first-order valence-corrected chi connectivity index (χ1v) is 10.7. The van der Waals surface area contributed by atoms with E-state index in [1.807, 2.05) is 6.07 Å². The van der Waals surface area contributed by atoms with Gasteiger partial charge in [0.1, 0.15) is 5.82 Å². The van der Waals surface area contributed by atoms with Crippen molar-refractivity contribution in [2.45, 2.75) is 12.8 Å². The Morgan fingerprint density at radius 3 is 2.28 bits per heavy atom. The van der Waals surface area contributed by atoms with Gasteiger partial charge < -0.3 is 20.9 Å². The summed E-state index contributed by atoms with van der Waals surface area (Å²) in [4.78, 5) is 27.4. The Labute approximate surface area is 190 Å². The van der Waals surface area contributed by atoms with Crippen LogP contribution in [0.1, 0.15) is 23.2 Å². The molecule has 0 spiro atoms. The monoisotopic (exact) mass is 452 g/mol. The van der Waals surface area contributed by atoms with Crippen LogP contribution >= 0.6 is 11.6 Å². The van der Waals surface area contributed by atoms with Gasteiger partial charge in [0.15, 0.2) is 0 Å². The van der Waals surface area contributed by atoms with Gasteiger partial charge in [-0.25, -0.2) is 9.18 Å². The number of amides is 3. The summed E-state index contributed by atoms with van der Waals surface area (Å²) < 4.78 is 13.1. The summed E-state index contributed by atoms with van der Waals surface area (Å²) in [5.41, 5.74) is 2.87. The summed E-state index contributed by atoms with van der Waals surface area (Å²) in [6.07, 6.45) is 2.16. The van der Waals surface area contributed by atoms with Crippen LogP contribution in [0.25, 0.3) is 0 Å². The van der Waals surface area contributed by atoms with Crippen LogP contribution in [0.15, 0.2) is 66.7 Å². The van der Waals surface area contributed by atoms with Crippen molar-refractivity contribution in [3.05, 3.63) is 83.1 Å². The number of rotatable bonds is 5. The van der Waals surface area contributed by atoms with E-state index in [9.17, 15) is 14.0 Å². The van der Waals surface area contributed by atoms with Crippen molar-refractivity contribution >= 4 is 46.3 Å². The first kappa shape index (κ1) is 21.6. The molecular weight excluding hydrogens is 431 g/mol. The third-order valence-electron chi connectivity index (χ3n) is 5.14. The highest BCUT2D eigenvalue weighted by Crippen LogP contribution is 2.32. The Bertz CT molecular complexity index is 1130. The number of hydrogen-bond donors (Lipinski definition) is 3. The molecule has 1 heterocycles. The van der Waals surface area contributed by atoms with Crippen LogP contribution in [-0.2, 0) is 0 Å². The second-order valence-electron chi connectivity index (χ2n) is 7.48. The molecule has 0 bridgehead atoms. The van der Waals surface area contributed by atoms with Crippen LogP contribution in [0.4, 0.5) is 31.9 Å². The molecule has 1 fully saturated rings. The van der Waals surface area contributed by atoms with Gasteiger partial charge in [0, 0.05) is 35.1 Å². The van der Waals surface area contributed by atoms with Gasteiger partial charge >= 0.3 is 6.03 Å². The molecule has 0 aliphatic carbocycles. The first-order valence-electron chi connectivity index (χ1n) is 10.3. The fourth-order valence-corrected chi connectivity index (χ4v) is 3.79. The van der Waals surface area contributed by atoms with Crippen LogP contribution < -0.4 is 20.9 Å². The lowest BCUT2D eigenvalue weighted by Gasteiger charge is -2.22. The van der Waals surface area contributed by atoms with E-state index in [0.29, 0.717) is 27.6 Å². The Balaban J connectivity index is 1.54. The number of nitrogens with zero attached hydrogens (tertiary/aromatic N) is 1. The molecule has 3 aromatic rings. The zero-order chi connectivity index (χ0) is 22.5. The van der Waals surface area contributed by atoms with E-state index in [-0.39, 0.29) is 5.91 Å². The van der Waals surface area contributed by atoms with Crippen molar-refractivity contribution in [3.63, 3.8) is 0 Å². The lowest BCUT2D eigenvalue weighted by molar-refractivity contribution is 0.102. The summed E-state index contributed by atoms with van der Waals surface area (Å²) in [7, 11) is 0. The Hall–Kier alpha value is -3.58. The molecule has 4 rings (SSSR count). The maximum atomic E-state index is 13.1. The minimum Gasteiger partial charge on any atom is -0.370 e. The standard InChI is InChI=1S/C24H22ClFN4O2/c25-17-4-3-5-19(14-17)28-24(32)29-21-15-20(10-11-22(21)30-12-1-2-13-30)27-23(31)16-6-8-18(26)9-7-16/h3-11,14-15H,1-2,12-13H2,(H,27,31)(H2,28,29,32). The predicted molar refractivity (Wildman–Crippen MR) is 126 cm³/mol. The number of carbonyl (C=O) groups excluding carboxylic acids is 2. The maximum absolute atomic E-state index is 13.1. The molecule has 0 saturated carbocycles. The average molecular weight is 453 g/mol. The Morgan fingerprint density at radius 2 is 1.56 bits per heavy atom. The normalized spacial score (nSPS) is 13.0. The van der Waals surface area contributed by atoms with Gasteiger partial charge in [0.2, 0.25) is 0 Å². The van der Waals surface area contributed by atoms with E-state index in [1.54, 1.807) is 36.4 Å². The quantitative estimate of drug-likeness (QED) is 0.446. The van der Waals surface area contributed by atoms with E-state index in [1.165, 1.54) is 24.3 Å². The van der Waals surface area contributed by atoms with Crippen LogP contribution in [0.5, 0.6) is 0 Å². The van der Waals surface area contributed by atoms with Crippen molar-refractivity contribution < 1.29 is 14.0 Å². The first-order chi connectivity index (χ1) is 15.5. The number of halogens is 2. The number of benzene rings is 3. The minimum atomic E-state index is -0.422. The number of hydrogen-bond acceptors (Lipinski definition) is 3. The van der Waals surface area contributed by atoms with Crippen molar-refractivity contribution in [1.29, 1.82) is 0 Å². The van der Waals surface area contributed by atoms with Crippen LogP contribution in [0, 0.1) is 5.82 Å². The van der Waals surface area contributed by atoms with Gasteiger partial charge in [-0.05, 0) is 73.5 Å². The molecule has 32 heavy (non-hydrogen) atoms. The smallest absolute Gasteiger partial charge is 0.323 e. The highest BCUT2D eigenvalue weighted by Gasteiger charge is 2.18. The lowest BCUT2D eigenvalue weighted by Crippen LogP contribution is -2.24. The maximum Gasteiger partial charge on any atom is 0.323 e. The second-order valence-corrected chi connectivity index (χ2v) is 7.91. The second kappa shape index (κ2) is 9.70. The van der Waals surface area contributed by atoms with E-state index in [0.717, 1.165) is 31.6 Å². The molecule has 0 radical (unpaired) electrons. The molecule has 3 amide bonds. The molecule has 0 aromatic heterocycles. The molecule has 3 N–H and O–H groups in total. The fourth-order valence-electron chi connectivity index (χ4n) is 3.60. The predicted octanol–water partition coefficient (Wildman–Crippen LogP) is 5.98. The van der Waals surface area contributed by atoms with Crippen LogP contribution in [-0.4, -0.2) is 25.0 Å². The highest BCUT2D eigenvalue weighted by molar-refractivity contribution is 6.30. The SMILES string of the molecule is O=C(Nc1cccc(Cl)c1)Nc1cc(NC(=O)c2ccc(F)cc2)ccc1N1CCCC1. The summed E-state index contributed by atoms with van der Waals surface area (Å²) in [6.45, 7) is 1.79. The van der Waals surface area contributed by atoms with E-state index < -0.39 is 11.8 Å². The molecule has 3 aromatic carbocycles. The fraction of sp³-hybridized carbons (Fsp3) is 0.167. The van der Waals surface area contributed by atoms with Crippen molar-refractivity contribution in [1.82, 2.24) is 0 Å². The summed E-state index contributed by atoms with van der Waals surface area (Å²) in [5.74, 6) is -0.776.